The van der Waals surface area contributed by atoms with Gasteiger partial charge in [-0.15, -0.1) is 0 Å². The molecule has 0 saturated carbocycles. The molecule has 1 saturated heterocycles. The normalized spacial score (nSPS) is 16.7. The summed E-state index contributed by atoms with van der Waals surface area (Å²) >= 11 is 0. The van der Waals surface area contributed by atoms with Gasteiger partial charge in [0.2, 0.25) is 5.91 Å². The molecular weight excluding hydrogens is 242 g/mol. The lowest BCUT2D eigenvalue weighted by Crippen LogP contribution is -2.48. The van der Waals surface area contributed by atoms with E-state index in [0.29, 0.717) is 31.6 Å². The zero-order chi connectivity index (χ0) is 13.8. The Morgan fingerprint density at radius 2 is 1.95 bits per heavy atom. The summed E-state index contributed by atoms with van der Waals surface area (Å²) in [4.78, 5) is 27.4. The van der Waals surface area contributed by atoms with Crippen molar-refractivity contribution < 1.29 is 9.59 Å². The van der Waals surface area contributed by atoms with E-state index < -0.39 is 0 Å². The van der Waals surface area contributed by atoms with E-state index in [2.05, 4.69) is 0 Å². The van der Waals surface area contributed by atoms with Crippen molar-refractivity contribution in [1.29, 1.82) is 0 Å². The van der Waals surface area contributed by atoms with Crippen LogP contribution in [-0.4, -0.2) is 49.8 Å². The number of nitrogens with two attached hydrogens (primary N) is 1. The molecule has 2 rings (SSSR count). The van der Waals surface area contributed by atoms with Gasteiger partial charge in [-0.2, -0.15) is 0 Å². The number of nitrogens with zero attached hydrogens (tertiary/aromatic N) is 2. The standard InChI is InChI=1S/C14H19N3O2/c1-16-8-9-17(14(19)10-16)12-4-2-11(3-5-12)13(18)6-7-15/h2-5H,6-10,15H2,1H3. The van der Waals surface area contributed by atoms with E-state index in [1.807, 2.05) is 24.1 Å². The van der Waals surface area contributed by atoms with E-state index in [0.717, 1.165) is 12.2 Å². The second kappa shape index (κ2) is 5.95. The minimum absolute atomic E-state index is 0.0405. The summed E-state index contributed by atoms with van der Waals surface area (Å²) in [5, 5.41) is 0. The zero-order valence-corrected chi connectivity index (χ0v) is 11.1. The van der Waals surface area contributed by atoms with Gasteiger partial charge in [-0.1, -0.05) is 0 Å². The minimum atomic E-state index is 0.0405. The zero-order valence-electron chi connectivity index (χ0n) is 11.1. The Balaban J connectivity index is 2.10. The van der Waals surface area contributed by atoms with Crippen LogP contribution in [0.2, 0.25) is 0 Å². The minimum Gasteiger partial charge on any atom is -0.330 e. The van der Waals surface area contributed by atoms with E-state index in [1.165, 1.54) is 0 Å². The number of ketones is 1. The molecule has 1 heterocycles. The summed E-state index contributed by atoms with van der Waals surface area (Å²) in [7, 11) is 1.93. The maximum Gasteiger partial charge on any atom is 0.241 e. The van der Waals surface area contributed by atoms with Crippen molar-refractivity contribution in [3.63, 3.8) is 0 Å². The highest BCUT2D eigenvalue weighted by Crippen LogP contribution is 2.18. The van der Waals surface area contributed by atoms with Crippen LogP contribution in [0, 0.1) is 0 Å². The molecular formula is C14H19N3O2. The smallest absolute Gasteiger partial charge is 0.241 e. The number of hydrogen-bond donors (Lipinski definition) is 1. The number of carbonyl (C=O) groups is 2. The van der Waals surface area contributed by atoms with Gasteiger partial charge in [0.05, 0.1) is 6.54 Å². The third kappa shape index (κ3) is 3.19. The molecule has 5 heteroatoms. The van der Waals surface area contributed by atoms with Crippen LogP contribution in [-0.2, 0) is 4.79 Å². The SMILES string of the molecule is CN1CCN(c2ccc(C(=O)CCN)cc2)C(=O)C1. The number of Topliss-reactive ketones (excluding diaryl/α,β-unsaturated/α-hetero) is 1. The molecule has 1 amide bonds. The van der Waals surface area contributed by atoms with Crippen LogP contribution in [0.3, 0.4) is 0 Å². The van der Waals surface area contributed by atoms with Crippen LogP contribution < -0.4 is 10.6 Å². The van der Waals surface area contributed by atoms with Crippen molar-refractivity contribution in [2.75, 3.05) is 38.1 Å². The first kappa shape index (κ1) is 13.7. The maximum atomic E-state index is 11.9. The number of piperazine rings is 1. The van der Waals surface area contributed by atoms with Gasteiger partial charge in [0.25, 0.3) is 0 Å². The molecule has 5 nitrogen and oxygen atoms in total. The molecule has 102 valence electrons. The molecule has 1 aliphatic heterocycles. The quantitative estimate of drug-likeness (QED) is 0.801. The molecule has 0 bridgehead atoms. The number of anilines is 1. The highest BCUT2D eigenvalue weighted by atomic mass is 16.2. The first-order chi connectivity index (χ1) is 9.11. The third-order valence-electron chi connectivity index (χ3n) is 3.28. The fourth-order valence-electron chi connectivity index (χ4n) is 2.17. The van der Waals surface area contributed by atoms with Crippen LogP contribution in [0.4, 0.5) is 5.69 Å². The number of hydrogen-bond acceptors (Lipinski definition) is 4. The van der Waals surface area contributed by atoms with Gasteiger partial charge in [0.1, 0.15) is 0 Å². The van der Waals surface area contributed by atoms with Gasteiger partial charge >= 0.3 is 0 Å². The Morgan fingerprint density at radius 1 is 1.26 bits per heavy atom. The number of rotatable bonds is 4. The lowest BCUT2D eigenvalue weighted by Gasteiger charge is -2.32. The lowest BCUT2D eigenvalue weighted by molar-refractivity contribution is -0.120. The molecule has 0 aliphatic carbocycles. The van der Waals surface area contributed by atoms with Gasteiger partial charge < -0.3 is 10.6 Å². The van der Waals surface area contributed by atoms with Crippen LogP contribution in [0.1, 0.15) is 16.8 Å². The second-order valence-corrected chi connectivity index (χ2v) is 4.79. The first-order valence-electron chi connectivity index (χ1n) is 6.44. The summed E-state index contributed by atoms with van der Waals surface area (Å²) in [6.07, 6.45) is 0.354. The predicted molar refractivity (Wildman–Crippen MR) is 74.3 cm³/mol. The van der Waals surface area contributed by atoms with Crippen molar-refractivity contribution in [3.8, 4) is 0 Å². The number of amides is 1. The van der Waals surface area contributed by atoms with Crippen molar-refractivity contribution in [1.82, 2.24) is 4.90 Å². The number of likely N-dealkylation sites (N-methyl/N-ethyl adjacent to an activating group) is 1. The van der Waals surface area contributed by atoms with E-state index in [1.54, 1.807) is 17.0 Å². The Bertz CT molecular complexity index is 470. The van der Waals surface area contributed by atoms with Crippen molar-refractivity contribution in [2.24, 2.45) is 5.73 Å². The Morgan fingerprint density at radius 3 is 2.53 bits per heavy atom. The summed E-state index contributed by atoms with van der Waals surface area (Å²) in [6.45, 7) is 2.34. The molecule has 1 aromatic rings. The number of benzene rings is 1. The van der Waals surface area contributed by atoms with E-state index in [4.69, 9.17) is 5.73 Å². The highest BCUT2D eigenvalue weighted by molar-refractivity contribution is 5.98. The third-order valence-corrected chi connectivity index (χ3v) is 3.28. The van der Waals surface area contributed by atoms with Crippen LogP contribution in [0.25, 0.3) is 0 Å². The van der Waals surface area contributed by atoms with E-state index >= 15 is 0 Å². The summed E-state index contributed by atoms with van der Waals surface area (Å²) in [6, 6.07) is 7.18. The average molecular weight is 261 g/mol. The average Bonchev–Trinajstić information content (AvgIpc) is 2.39. The maximum absolute atomic E-state index is 11.9. The first-order valence-corrected chi connectivity index (χ1v) is 6.44. The van der Waals surface area contributed by atoms with Gasteiger partial charge in [0, 0.05) is 30.8 Å². The van der Waals surface area contributed by atoms with Crippen molar-refractivity contribution in [2.45, 2.75) is 6.42 Å². The van der Waals surface area contributed by atoms with Crippen LogP contribution in [0.5, 0.6) is 0 Å². The number of carbonyl (C=O) groups excluding carboxylic acids is 2. The van der Waals surface area contributed by atoms with E-state index in [-0.39, 0.29) is 11.7 Å². The monoisotopic (exact) mass is 261 g/mol. The topological polar surface area (TPSA) is 66.6 Å². The van der Waals surface area contributed by atoms with Gasteiger partial charge in [-0.25, -0.2) is 0 Å². The van der Waals surface area contributed by atoms with Crippen molar-refractivity contribution >= 4 is 17.4 Å². The molecule has 0 spiro atoms. The van der Waals surface area contributed by atoms with Gasteiger partial charge in [-0.3, -0.25) is 14.5 Å². The Kier molecular flexibility index (Phi) is 4.29. The molecule has 1 aliphatic rings. The van der Waals surface area contributed by atoms with Gasteiger partial charge in [0.15, 0.2) is 5.78 Å². The molecule has 2 N–H and O–H groups in total. The summed E-state index contributed by atoms with van der Waals surface area (Å²) < 4.78 is 0. The summed E-state index contributed by atoms with van der Waals surface area (Å²) in [5.74, 6) is 0.133. The fourth-order valence-corrected chi connectivity index (χ4v) is 2.17. The van der Waals surface area contributed by atoms with Crippen LogP contribution in [0.15, 0.2) is 24.3 Å². The Labute approximate surface area is 113 Å². The molecule has 19 heavy (non-hydrogen) atoms. The molecule has 1 fully saturated rings. The van der Waals surface area contributed by atoms with E-state index in [9.17, 15) is 9.59 Å². The summed E-state index contributed by atoms with van der Waals surface area (Å²) in [5.41, 5.74) is 6.86. The fraction of sp³-hybridized carbons (Fsp3) is 0.429. The molecule has 0 radical (unpaired) electrons. The highest BCUT2D eigenvalue weighted by Gasteiger charge is 2.22. The molecule has 0 atom stereocenters. The Hall–Kier alpha value is -1.72. The predicted octanol–water partition coefficient (Wildman–Crippen LogP) is 0.497. The second-order valence-electron chi connectivity index (χ2n) is 4.79. The largest absolute Gasteiger partial charge is 0.330 e. The molecule has 0 aromatic heterocycles. The van der Waals surface area contributed by atoms with Gasteiger partial charge in [-0.05, 0) is 37.9 Å². The molecule has 0 unspecified atom stereocenters. The lowest BCUT2D eigenvalue weighted by atomic mass is 10.1. The van der Waals surface area contributed by atoms with Crippen LogP contribution >= 0.6 is 0 Å². The van der Waals surface area contributed by atoms with Crippen molar-refractivity contribution in [3.05, 3.63) is 29.8 Å². The molecule has 1 aromatic carbocycles.